The number of allylic oxidation sites excluding steroid dienone is 6. The van der Waals surface area contributed by atoms with Crippen molar-refractivity contribution in [2.45, 2.75) is 52.1 Å². The summed E-state index contributed by atoms with van der Waals surface area (Å²) in [4.78, 5) is 39.3. The lowest BCUT2D eigenvalue weighted by Gasteiger charge is -2.50. The van der Waals surface area contributed by atoms with Crippen LogP contribution in [-0.2, 0) is 20.8 Å². The zero-order valence-electron chi connectivity index (χ0n) is 22.2. The lowest BCUT2D eigenvalue weighted by atomic mass is 9.54. The highest BCUT2D eigenvalue weighted by Crippen LogP contribution is 2.55. The number of Topliss-reactive ketones (excluding diaryl/α,β-unsaturated/α-hetero) is 2. The van der Waals surface area contributed by atoms with Crippen molar-refractivity contribution in [2.24, 2.45) is 29.4 Å². The van der Waals surface area contributed by atoms with E-state index in [2.05, 4.69) is 19.1 Å². The van der Waals surface area contributed by atoms with Crippen LogP contribution in [0.25, 0.3) is 11.3 Å². The van der Waals surface area contributed by atoms with Gasteiger partial charge in [-0.25, -0.2) is 0 Å². The molecule has 0 saturated heterocycles. The molecule has 1 amide bonds. The van der Waals surface area contributed by atoms with Crippen molar-refractivity contribution in [2.75, 3.05) is 0 Å². The van der Waals surface area contributed by atoms with E-state index in [9.17, 15) is 34.8 Å². The van der Waals surface area contributed by atoms with Gasteiger partial charge in [-0.1, -0.05) is 51.1 Å². The summed E-state index contributed by atoms with van der Waals surface area (Å²) in [5.41, 5.74) is 5.65. The van der Waals surface area contributed by atoms with Crippen molar-refractivity contribution in [1.29, 1.82) is 0 Å². The first kappa shape index (κ1) is 26.7. The number of carbonyl (C=O) groups is 3. The molecule has 0 aromatic heterocycles. The van der Waals surface area contributed by atoms with Crippen molar-refractivity contribution in [3.05, 3.63) is 75.6 Å². The number of nitrogens with two attached hydrogens (primary N) is 1. The molecule has 1 aromatic carbocycles. The highest BCUT2D eigenvalue weighted by molar-refractivity contribution is 6.23. The van der Waals surface area contributed by atoms with Gasteiger partial charge in [0, 0.05) is 17.4 Å². The van der Waals surface area contributed by atoms with Gasteiger partial charge in [-0.15, -0.1) is 0 Å². The Morgan fingerprint density at radius 1 is 1.18 bits per heavy atom. The maximum Gasteiger partial charge on any atom is 0.255 e. The second-order valence-corrected chi connectivity index (χ2v) is 11.2. The van der Waals surface area contributed by atoms with Crippen LogP contribution in [0, 0.1) is 23.7 Å². The van der Waals surface area contributed by atoms with Crippen LogP contribution in [0.15, 0.2) is 58.9 Å². The van der Waals surface area contributed by atoms with E-state index in [1.807, 2.05) is 12.2 Å². The summed E-state index contributed by atoms with van der Waals surface area (Å²) in [6.45, 7) is 5.55. The Balaban J connectivity index is 1.65. The number of aliphatic hydroxyl groups excluding tert-OH is 2. The molecule has 8 heteroatoms. The number of ketones is 2. The Bertz CT molecular complexity index is 1470. The number of primary amides is 1. The van der Waals surface area contributed by atoms with Gasteiger partial charge >= 0.3 is 0 Å². The SMILES string of the molecule is CC/C=C/C1=CC=C(c2ccc(O)c3c2C[C@H]2C[C@H]4[C@H](C(C)C)C(=O)C(C(N)=O)=C(O)[C@@]4(O)C(=O)C2=C3O)C1. The standard InChI is InChI=1S/C31H33NO7/c1-4-5-6-15-7-8-16(11-15)18-9-10-21(33)24-19(18)12-17-13-20-22(14(2)3)26(34)25(30(32)38)29(37)31(20,39)28(36)23(17)27(24)35/h5-10,14,17,20,22,33,35,37,39H,4,11-13H2,1-3H3,(H2,32,38)/b6-5+/t17-,20-,22-,31-/m0/s1. The number of phenolic OH excluding ortho intramolecular Hbond substituents is 1. The van der Waals surface area contributed by atoms with Gasteiger partial charge in [-0.05, 0) is 65.9 Å². The van der Waals surface area contributed by atoms with Crippen LogP contribution >= 0.6 is 0 Å². The second kappa shape index (κ2) is 9.38. The largest absolute Gasteiger partial charge is 0.508 e. The van der Waals surface area contributed by atoms with Crippen LogP contribution in [0.1, 0.15) is 56.7 Å². The minimum atomic E-state index is -2.60. The summed E-state index contributed by atoms with van der Waals surface area (Å²) >= 11 is 0. The number of rotatable bonds is 5. The Morgan fingerprint density at radius 2 is 1.90 bits per heavy atom. The van der Waals surface area contributed by atoms with Gasteiger partial charge in [0.05, 0.1) is 5.56 Å². The highest BCUT2D eigenvalue weighted by atomic mass is 16.3. The molecule has 4 aliphatic rings. The molecule has 0 bridgehead atoms. The van der Waals surface area contributed by atoms with E-state index in [-0.39, 0.29) is 35.6 Å². The third-order valence-electron chi connectivity index (χ3n) is 8.66. The molecule has 6 N–H and O–H groups in total. The van der Waals surface area contributed by atoms with E-state index in [1.165, 1.54) is 6.07 Å². The number of amides is 1. The molecule has 0 radical (unpaired) electrons. The smallest absolute Gasteiger partial charge is 0.255 e. The normalized spacial score (nSPS) is 28.5. The zero-order chi connectivity index (χ0) is 28.4. The quantitative estimate of drug-likeness (QED) is 0.359. The van der Waals surface area contributed by atoms with E-state index in [0.717, 1.165) is 23.1 Å². The fourth-order valence-electron chi connectivity index (χ4n) is 6.90. The van der Waals surface area contributed by atoms with Crippen molar-refractivity contribution in [3.8, 4) is 5.75 Å². The van der Waals surface area contributed by atoms with E-state index in [4.69, 9.17) is 5.73 Å². The van der Waals surface area contributed by atoms with Crippen molar-refractivity contribution < 1.29 is 34.8 Å². The first-order valence-corrected chi connectivity index (χ1v) is 13.3. The fourth-order valence-corrected chi connectivity index (χ4v) is 6.90. The molecular weight excluding hydrogens is 498 g/mol. The molecule has 5 rings (SSSR count). The number of phenols is 1. The predicted molar refractivity (Wildman–Crippen MR) is 145 cm³/mol. The van der Waals surface area contributed by atoms with Crippen molar-refractivity contribution >= 4 is 28.8 Å². The number of carbonyl (C=O) groups excluding carboxylic acids is 3. The lowest BCUT2D eigenvalue weighted by molar-refractivity contribution is -0.155. The molecule has 0 aliphatic heterocycles. The van der Waals surface area contributed by atoms with Crippen LogP contribution in [0.3, 0.4) is 0 Å². The average Bonchev–Trinajstić information content (AvgIpc) is 3.33. The van der Waals surface area contributed by atoms with Gasteiger partial charge < -0.3 is 26.2 Å². The van der Waals surface area contributed by atoms with Gasteiger partial charge in [-0.3, -0.25) is 14.4 Å². The minimum Gasteiger partial charge on any atom is -0.508 e. The molecule has 1 saturated carbocycles. The van der Waals surface area contributed by atoms with Crippen LogP contribution < -0.4 is 5.73 Å². The van der Waals surface area contributed by atoms with Gasteiger partial charge in [-0.2, -0.15) is 0 Å². The van der Waals surface area contributed by atoms with Crippen molar-refractivity contribution in [3.63, 3.8) is 0 Å². The van der Waals surface area contributed by atoms with E-state index < -0.39 is 57.9 Å². The Morgan fingerprint density at radius 3 is 2.54 bits per heavy atom. The summed E-state index contributed by atoms with van der Waals surface area (Å²) in [7, 11) is 0. The maximum atomic E-state index is 14.0. The Kier molecular flexibility index (Phi) is 6.42. The molecule has 0 spiro atoms. The number of hydrogen-bond donors (Lipinski definition) is 5. The summed E-state index contributed by atoms with van der Waals surface area (Å²) < 4.78 is 0. The number of hydrogen-bond acceptors (Lipinski definition) is 7. The number of fused-ring (bicyclic) bond motifs is 3. The topological polar surface area (TPSA) is 158 Å². The predicted octanol–water partition coefficient (Wildman–Crippen LogP) is 3.99. The molecule has 4 atom stereocenters. The highest BCUT2D eigenvalue weighted by Gasteiger charge is 2.64. The van der Waals surface area contributed by atoms with Crippen LogP contribution in [-0.4, -0.2) is 43.5 Å². The molecule has 1 aromatic rings. The molecule has 39 heavy (non-hydrogen) atoms. The first-order valence-electron chi connectivity index (χ1n) is 13.3. The Labute approximate surface area is 226 Å². The van der Waals surface area contributed by atoms with Crippen LogP contribution in [0.4, 0.5) is 0 Å². The molecule has 4 aliphatic carbocycles. The average molecular weight is 532 g/mol. The van der Waals surface area contributed by atoms with E-state index in [1.54, 1.807) is 19.9 Å². The van der Waals surface area contributed by atoms with E-state index >= 15 is 0 Å². The molecule has 0 unspecified atom stereocenters. The molecule has 8 nitrogen and oxygen atoms in total. The number of aromatic hydroxyl groups is 1. The van der Waals surface area contributed by atoms with Gasteiger partial charge in [0.25, 0.3) is 5.91 Å². The zero-order valence-corrected chi connectivity index (χ0v) is 22.2. The lowest BCUT2D eigenvalue weighted by Crippen LogP contribution is -2.62. The van der Waals surface area contributed by atoms with Crippen molar-refractivity contribution in [1.82, 2.24) is 0 Å². The van der Waals surface area contributed by atoms with Crippen LogP contribution in [0.5, 0.6) is 5.75 Å². The third kappa shape index (κ3) is 3.80. The van der Waals surface area contributed by atoms with Gasteiger partial charge in [0.15, 0.2) is 11.4 Å². The van der Waals surface area contributed by atoms with Gasteiger partial charge in [0.2, 0.25) is 5.78 Å². The Hall–Kier alpha value is -3.91. The fraction of sp³-hybridized carbons (Fsp3) is 0.387. The number of aliphatic hydroxyl groups is 3. The third-order valence-corrected chi connectivity index (χ3v) is 8.66. The van der Waals surface area contributed by atoms with E-state index in [0.29, 0.717) is 12.0 Å². The summed E-state index contributed by atoms with van der Waals surface area (Å²) in [5, 5.41) is 44.9. The molecule has 204 valence electrons. The first-order chi connectivity index (χ1) is 18.4. The second-order valence-electron chi connectivity index (χ2n) is 11.2. The van der Waals surface area contributed by atoms with Gasteiger partial charge in [0.1, 0.15) is 22.8 Å². The minimum absolute atomic E-state index is 0.0998. The molecule has 0 heterocycles. The van der Waals surface area contributed by atoms with Crippen LogP contribution in [0.2, 0.25) is 0 Å². The molecule has 1 fully saturated rings. The summed E-state index contributed by atoms with van der Waals surface area (Å²) in [6.07, 6.45) is 10.1. The summed E-state index contributed by atoms with van der Waals surface area (Å²) in [5.74, 6) is -7.59. The monoisotopic (exact) mass is 531 g/mol. The maximum absolute atomic E-state index is 14.0. The summed E-state index contributed by atoms with van der Waals surface area (Å²) in [6, 6.07) is 3.27. The molecular formula is C31H33NO7. The number of benzene rings is 1.